The van der Waals surface area contributed by atoms with Crippen molar-refractivity contribution in [2.45, 2.75) is 17.9 Å². The minimum absolute atomic E-state index is 0.0812. The van der Waals surface area contributed by atoms with E-state index in [1.807, 2.05) is 0 Å². The van der Waals surface area contributed by atoms with Crippen molar-refractivity contribution in [3.63, 3.8) is 0 Å². The summed E-state index contributed by atoms with van der Waals surface area (Å²) in [6.07, 6.45) is 0. The molecule has 7 heteroatoms. The van der Waals surface area contributed by atoms with Gasteiger partial charge in [-0.25, -0.2) is 12.8 Å². The van der Waals surface area contributed by atoms with Crippen molar-refractivity contribution in [3.8, 4) is 0 Å². The molecule has 0 spiro atoms. The maximum Gasteiger partial charge on any atom is 0.244 e. The van der Waals surface area contributed by atoms with Gasteiger partial charge in [-0.05, 0) is 41.1 Å². The first-order valence-corrected chi connectivity index (χ1v) is 7.71. The molecule has 2 rings (SSSR count). The predicted octanol–water partition coefficient (Wildman–Crippen LogP) is 2.00. The zero-order chi connectivity index (χ0) is 13.3. The zero-order valence-corrected chi connectivity index (χ0v) is 12.2. The summed E-state index contributed by atoms with van der Waals surface area (Å²) in [6, 6.07) is 3.35. The summed E-state index contributed by atoms with van der Waals surface area (Å²) in [4.78, 5) is 0.0812. The number of sulfonamides is 1. The summed E-state index contributed by atoms with van der Waals surface area (Å²) in [7, 11) is -3.62. The molecule has 18 heavy (non-hydrogen) atoms. The third-order valence-electron chi connectivity index (χ3n) is 2.79. The number of morpholine rings is 1. The van der Waals surface area contributed by atoms with E-state index in [1.54, 1.807) is 6.92 Å². The molecule has 1 aliphatic heterocycles. The van der Waals surface area contributed by atoms with Crippen LogP contribution in [0.1, 0.15) is 6.92 Å². The number of halogens is 2. The normalized spacial score (nSPS) is 22.1. The van der Waals surface area contributed by atoms with Gasteiger partial charge in [0.2, 0.25) is 10.0 Å². The van der Waals surface area contributed by atoms with Gasteiger partial charge in [0.15, 0.2) is 0 Å². The van der Waals surface area contributed by atoms with Crippen molar-refractivity contribution in [2.24, 2.45) is 0 Å². The van der Waals surface area contributed by atoms with Crippen LogP contribution in [0.5, 0.6) is 0 Å². The van der Waals surface area contributed by atoms with Crippen molar-refractivity contribution in [1.29, 1.82) is 0 Å². The van der Waals surface area contributed by atoms with E-state index in [0.717, 1.165) is 12.1 Å². The maximum atomic E-state index is 13.0. The van der Waals surface area contributed by atoms with E-state index in [9.17, 15) is 12.8 Å². The van der Waals surface area contributed by atoms with Gasteiger partial charge >= 0.3 is 0 Å². The lowest BCUT2D eigenvalue weighted by Gasteiger charge is -2.32. The van der Waals surface area contributed by atoms with Gasteiger partial charge in [-0.3, -0.25) is 0 Å². The number of nitrogens with zero attached hydrogens (tertiary/aromatic N) is 1. The Morgan fingerprint density at radius 1 is 1.50 bits per heavy atom. The number of hydrogen-bond donors (Lipinski definition) is 0. The maximum absolute atomic E-state index is 13.0. The van der Waals surface area contributed by atoms with Crippen molar-refractivity contribution in [2.75, 3.05) is 19.8 Å². The highest BCUT2D eigenvalue weighted by Crippen LogP contribution is 2.27. The van der Waals surface area contributed by atoms with Gasteiger partial charge in [0, 0.05) is 17.1 Å². The molecule has 0 aliphatic carbocycles. The van der Waals surface area contributed by atoms with Crippen LogP contribution in [0.25, 0.3) is 0 Å². The molecule has 1 aromatic rings. The van der Waals surface area contributed by atoms with E-state index < -0.39 is 15.8 Å². The zero-order valence-electron chi connectivity index (χ0n) is 9.77. The molecular weight excluding hydrogens is 325 g/mol. The van der Waals surface area contributed by atoms with Gasteiger partial charge in [-0.15, -0.1) is 0 Å². The van der Waals surface area contributed by atoms with Crippen molar-refractivity contribution in [1.82, 2.24) is 4.31 Å². The SMILES string of the molecule is CC1COCCN1S(=O)(=O)c1ccc(F)cc1Br. The minimum Gasteiger partial charge on any atom is -0.378 e. The fourth-order valence-corrected chi connectivity index (χ4v) is 4.49. The molecule has 0 bridgehead atoms. The second kappa shape index (κ2) is 5.24. The highest BCUT2D eigenvalue weighted by Gasteiger charge is 2.32. The van der Waals surface area contributed by atoms with Crippen LogP contribution in [0.2, 0.25) is 0 Å². The quantitative estimate of drug-likeness (QED) is 0.829. The number of ether oxygens (including phenoxy) is 1. The molecule has 0 N–H and O–H groups in total. The molecule has 0 saturated carbocycles. The van der Waals surface area contributed by atoms with Gasteiger partial charge in [0.05, 0.1) is 18.1 Å². The first-order valence-electron chi connectivity index (χ1n) is 5.47. The topological polar surface area (TPSA) is 46.6 Å². The molecule has 4 nitrogen and oxygen atoms in total. The van der Waals surface area contributed by atoms with Crippen molar-refractivity contribution in [3.05, 3.63) is 28.5 Å². The molecule has 1 saturated heterocycles. The second-order valence-corrected chi connectivity index (χ2v) is 6.83. The molecule has 1 unspecified atom stereocenters. The van der Waals surface area contributed by atoms with Gasteiger partial charge in [-0.1, -0.05) is 0 Å². The monoisotopic (exact) mass is 337 g/mol. The summed E-state index contributed by atoms with van der Waals surface area (Å²) >= 11 is 3.09. The highest BCUT2D eigenvalue weighted by molar-refractivity contribution is 9.10. The van der Waals surface area contributed by atoms with Gasteiger partial charge in [-0.2, -0.15) is 4.31 Å². The average molecular weight is 338 g/mol. The fraction of sp³-hybridized carbons (Fsp3) is 0.455. The first kappa shape index (κ1) is 13.9. The summed E-state index contributed by atoms with van der Waals surface area (Å²) < 4.78 is 44.7. The Balaban J connectivity index is 2.41. The molecular formula is C11H13BrFNO3S. The average Bonchev–Trinajstić information content (AvgIpc) is 2.28. The molecule has 0 aromatic heterocycles. The van der Waals surface area contributed by atoms with Crippen LogP contribution in [0.3, 0.4) is 0 Å². The molecule has 1 atom stereocenters. The van der Waals surface area contributed by atoms with Crippen LogP contribution in [0.15, 0.2) is 27.6 Å². The van der Waals surface area contributed by atoms with E-state index in [0.29, 0.717) is 19.8 Å². The van der Waals surface area contributed by atoms with E-state index in [4.69, 9.17) is 4.74 Å². The molecule has 1 aromatic carbocycles. The third kappa shape index (κ3) is 2.59. The lowest BCUT2D eigenvalue weighted by molar-refractivity contribution is 0.0392. The largest absolute Gasteiger partial charge is 0.378 e. The Labute approximate surface area is 114 Å². The summed E-state index contributed by atoms with van der Waals surface area (Å²) in [6.45, 7) is 2.85. The predicted molar refractivity (Wildman–Crippen MR) is 68.3 cm³/mol. The van der Waals surface area contributed by atoms with E-state index in [-0.39, 0.29) is 15.4 Å². The second-order valence-electron chi connectivity index (χ2n) is 4.11. The standard InChI is InChI=1S/C11H13BrFNO3S/c1-8-7-17-5-4-14(8)18(15,16)11-3-2-9(13)6-10(11)12/h2-3,6,8H,4-5,7H2,1H3. The van der Waals surface area contributed by atoms with Crippen LogP contribution in [0, 0.1) is 5.82 Å². The van der Waals surface area contributed by atoms with E-state index in [2.05, 4.69) is 15.9 Å². The highest BCUT2D eigenvalue weighted by atomic mass is 79.9. The molecule has 0 radical (unpaired) electrons. The summed E-state index contributed by atoms with van der Waals surface area (Å²) in [5, 5.41) is 0. The first-order chi connectivity index (χ1) is 8.43. The van der Waals surface area contributed by atoms with Gasteiger partial charge in [0.1, 0.15) is 5.82 Å². The van der Waals surface area contributed by atoms with Crippen LogP contribution in [0.4, 0.5) is 4.39 Å². The van der Waals surface area contributed by atoms with Crippen molar-refractivity contribution >= 4 is 26.0 Å². The summed E-state index contributed by atoms with van der Waals surface area (Å²) in [5.74, 6) is -0.476. The lowest BCUT2D eigenvalue weighted by atomic mass is 10.3. The van der Waals surface area contributed by atoms with E-state index in [1.165, 1.54) is 10.4 Å². The molecule has 1 heterocycles. The fourth-order valence-electron chi connectivity index (χ4n) is 1.88. The van der Waals surface area contributed by atoms with Crippen LogP contribution in [-0.2, 0) is 14.8 Å². The number of benzene rings is 1. The smallest absolute Gasteiger partial charge is 0.244 e. The van der Waals surface area contributed by atoms with Crippen LogP contribution < -0.4 is 0 Å². The van der Waals surface area contributed by atoms with Crippen LogP contribution in [-0.4, -0.2) is 38.5 Å². The Morgan fingerprint density at radius 3 is 2.83 bits per heavy atom. The van der Waals surface area contributed by atoms with Crippen molar-refractivity contribution < 1.29 is 17.5 Å². The Bertz CT molecular complexity index is 549. The molecule has 0 amide bonds. The Kier molecular flexibility index (Phi) is 4.05. The molecule has 1 aliphatic rings. The molecule has 1 fully saturated rings. The van der Waals surface area contributed by atoms with Gasteiger partial charge in [0.25, 0.3) is 0 Å². The Hall–Kier alpha value is -0.500. The number of rotatable bonds is 2. The third-order valence-corrected chi connectivity index (χ3v) is 5.78. The number of hydrogen-bond acceptors (Lipinski definition) is 3. The minimum atomic E-state index is -3.62. The lowest BCUT2D eigenvalue weighted by Crippen LogP contribution is -2.47. The Morgan fingerprint density at radius 2 is 2.22 bits per heavy atom. The van der Waals surface area contributed by atoms with Crippen LogP contribution >= 0.6 is 15.9 Å². The molecule has 100 valence electrons. The summed E-state index contributed by atoms with van der Waals surface area (Å²) in [5.41, 5.74) is 0. The van der Waals surface area contributed by atoms with Gasteiger partial charge < -0.3 is 4.74 Å². The van der Waals surface area contributed by atoms with E-state index >= 15 is 0 Å².